The molecule has 3 aromatic rings. The molecule has 1 aromatic carbocycles. The molecule has 2 heterocycles. The Morgan fingerprint density at radius 3 is 2.84 bits per heavy atom. The van der Waals surface area contributed by atoms with Crippen molar-refractivity contribution in [3.8, 4) is 0 Å². The van der Waals surface area contributed by atoms with E-state index >= 15 is 0 Å². The first-order chi connectivity index (χ1) is 9.25. The second kappa shape index (κ2) is 4.68. The lowest BCUT2D eigenvalue weighted by Gasteiger charge is -2.08. The van der Waals surface area contributed by atoms with Gasteiger partial charge in [0, 0.05) is 17.5 Å². The standard InChI is InChI=1S/C14H14N4O/c1-9-12(10(2)19-18-9)7-15-14-8-16-17-13-6-4-3-5-11(13)14/h3-6,8H,7H2,1-2H3,(H,15,17). The Balaban J connectivity index is 1.90. The molecule has 0 amide bonds. The van der Waals surface area contributed by atoms with Gasteiger partial charge >= 0.3 is 0 Å². The van der Waals surface area contributed by atoms with Gasteiger partial charge in [-0.3, -0.25) is 0 Å². The minimum atomic E-state index is 0.664. The van der Waals surface area contributed by atoms with Crippen LogP contribution < -0.4 is 5.32 Å². The molecule has 0 radical (unpaired) electrons. The van der Waals surface area contributed by atoms with E-state index in [-0.39, 0.29) is 0 Å². The van der Waals surface area contributed by atoms with Gasteiger partial charge in [0.2, 0.25) is 0 Å². The molecule has 19 heavy (non-hydrogen) atoms. The smallest absolute Gasteiger partial charge is 0.138 e. The zero-order valence-electron chi connectivity index (χ0n) is 10.8. The molecule has 0 aliphatic carbocycles. The van der Waals surface area contributed by atoms with Gasteiger partial charge in [-0.25, -0.2) is 0 Å². The molecular formula is C14H14N4O. The van der Waals surface area contributed by atoms with Gasteiger partial charge in [-0.15, -0.1) is 0 Å². The molecule has 96 valence electrons. The van der Waals surface area contributed by atoms with Crippen LogP contribution in [0.2, 0.25) is 0 Å². The minimum absolute atomic E-state index is 0.664. The molecule has 5 nitrogen and oxygen atoms in total. The van der Waals surface area contributed by atoms with Crippen LogP contribution in [0, 0.1) is 13.8 Å². The van der Waals surface area contributed by atoms with Crippen molar-refractivity contribution >= 4 is 16.6 Å². The lowest BCUT2D eigenvalue weighted by Crippen LogP contribution is -2.03. The van der Waals surface area contributed by atoms with E-state index in [9.17, 15) is 0 Å². The van der Waals surface area contributed by atoms with E-state index in [4.69, 9.17) is 4.52 Å². The maximum Gasteiger partial charge on any atom is 0.138 e. The summed E-state index contributed by atoms with van der Waals surface area (Å²) in [6, 6.07) is 7.92. The SMILES string of the molecule is Cc1noc(C)c1CNc1cnnc2ccccc12. The van der Waals surface area contributed by atoms with Crippen LogP contribution in [0.3, 0.4) is 0 Å². The Morgan fingerprint density at radius 1 is 1.21 bits per heavy atom. The van der Waals surface area contributed by atoms with Crippen molar-refractivity contribution in [2.45, 2.75) is 20.4 Å². The quantitative estimate of drug-likeness (QED) is 0.778. The number of nitrogens with zero attached hydrogens (tertiary/aromatic N) is 3. The molecule has 1 N–H and O–H groups in total. The first kappa shape index (κ1) is 11.6. The van der Waals surface area contributed by atoms with Crippen LogP contribution in [0.1, 0.15) is 17.0 Å². The normalized spacial score (nSPS) is 10.8. The van der Waals surface area contributed by atoms with Gasteiger partial charge in [0.15, 0.2) is 0 Å². The number of aryl methyl sites for hydroxylation is 2. The van der Waals surface area contributed by atoms with Crippen molar-refractivity contribution in [3.05, 3.63) is 47.5 Å². The van der Waals surface area contributed by atoms with Gasteiger partial charge in [-0.1, -0.05) is 23.4 Å². The van der Waals surface area contributed by atoms with Gasteiger partial charge < -0.3 is 9.84 Å². The predicted molar refractivity (Wildman–Crippen MR) is 72.8 cm³/mol. The molecule has 0 unspecified atom stereocenters. The zero-order chi connectivity index (χ0) is 13.2. The zero-order valence-corrected chi connectivity index (χ0v) is 10.8. The summed E-state index contributed by atoms with van der Waals surface area (Å²) in [5.74, 6) is 0.844. The van der Waals surface area contributed by atoms with Crippen molar-refractivity contribution in [1.82, 2.24) is 15.4 Å². The Bertz CT molecular complexity index is 696. The average molecular weight is 254 g/mol. The molecule has 3 rings (SSSR count). The number of fused-ring (bicyclic) bond motifs is 1. The molecule has 0 fully saturated rings. The molecule has 0 aliphatic heterocycles. The van der Waals surface area contributed by atoms with Crippen LogP contribution in [-0.2, 0) is 6.54 Å². The first-order valence-electron chi connectivity index (χ1n) is 6.12. The molecule has 0 saturated heterocycles. The molecular weight excluding hydrogens is 240 g/mol. The number of anilines is 1. The number of nitrogens with one attached hydrogen (secondary N) is 1. The summed E-state index contributed by atoms with van der Waals surface area (Å²) in [5, 5.41) is 16.5. The van der Waals surface area contributed by atoms with Gasteiger partial charge in [-0.05, 0) is 19.9 Å². The molecule has 2 aromatic heterocycles. The van der Waals surface area contributed by atoms with E-state index in [1.807, 2.05) is 38.1 Å². The summed E-state index contributed by atoms with van der Waals surface area (Å²) in [4.78, 5) is 0. The van der Waals surface area contributed by atoms with Gasteiger partial charge in [-0.2, -0.15) is 10.2 Å². The Morgan fingerprint density at radius 2 is 2.05 bits per heavy atom. The largest absolute Gasteiger partial charge is 0.379 e. The monoisotopic (exact) mass is 254 g/mol. The summed E-state index contributed by atoms with van der Waals surface area (Å²) in [7, 11) is 0. The summed E-state index contributed by atoms with van der Waals surface area (Å²) in [5.41, 5.74) is 3.84. The highest BCUT2D eigenvalue weighted by atomic mass is 16.5. The van der Waals surface area contributed by atoms with Crippen LogP contribution in [0.4, 0.5) is 5.69 Å². The number of benzene rings is 1. The highest BCUT2D eigenvalue weighted by Gasteiger charge is 2.09. The number of hydrogen-bond donors (Lipinski definition) is 1. The van der Waals surface area contributed by atoms with E-state index < -0.39 is 0 Å². The third kappa shape index (κ3) is 2.14. The topological polar surface area (TPSA) is 63.8 Å². The van der Waals surface area contributed by atoms with E-state index in [0.717, 1.165) is 33.6 Å². The lowest BCUT2D eigenvalue weighted by atomic mass is 10.2. The number of aromatic nitrogens is 3. The fourth-order valence-corrected chi connectivity index (χ4v) is 2.09. The fourth-order valence-electron chi connectivity index (χ4n) is 2.09. The minimum Gasteiger partial charge on any atom is -0.379 e. The van der Waals surface area contributed by atoms with E-state index in [2.05, 4.69) is 20.7 Å². The highest BCUT2D eigenvalue weighted by molar-refractivity contribution is 5.90. The summed E-state index contributed by atoms with van der Waals surface area (Å²) < 4.78 is 5.15. The summed E-state index contributed by atoms with van der Waals surface area (Å²) >= 11 is 0. The number of hydrogen-bond acceptors (Lipinski definition) is 5. The van der Waals surface area contributed by atoms with Crippen LogP contribution in [-0.4, -0.2) is 15.4 Å². The van der Waals surface area contributed by atoms with Crippen LogP contribution in [0.5, 0.6) is 0 Å². The lowest BCUT2D eigenvalue weighted by molar-refractivity contribution is 0.392. The van der Waals surface area contributed by atoms with Crippen molar-refractivity contribution in [2.75, 3.05) is 5.32 Å². The molecule has 0 spiro atoms. The Labute approximate surface area is 110 Å². The van der Waals surface area contributed by atoms with Crippen molar-refractivity contribution in [3.63, 3.8) is 0 Å². The fraction of sp³-hybridized carbons (Fsp3) is 0.214. The average Bonchev–Trinajstić information content (AvgIpc) is 2.76. The van der Waals surface area contributed by atoms with Crippen LogP contribution in [0.25, 0.3) is 10.9 Å². The first-order valence-corrected chi connectivity index (χ1v) is 6.12. The summed E-state index contributed by atoms with van der Waals surface area (Å²) in [6.45, 7) is 4.52. The Kier molecular flexibility index (Phi) is 2.87. The third-order valence-electron chi connectivity index (χ3n) is 3.18. The third-order valence-corrected chi connectivity index (χ3v) is 3.18. The van der Waals surface area contributed by atoms with E-state index in [0.29, 0.717) is 6.54 Å². The highest BCUT2D eigenvalue weighted by Crippen LogP contribution is 2.21. The maximum absolute atomic E-state index is 5.15. The van der Waals surface area contributed by atoms with Gasteiger partial charge in [0.25, 0.3) is 0 Å². The molecule has 0 atom stereocenters. The predicted octanol–water partition coefficient (Wildman–Crippen LogP) is 2.85. The van der Waals surface area contributed by atoms with Crippen molar-refractivity contribution in [2.24, 2.45) is 0 Å². The van der Waals surface area contributed by atoms with Crippen molar-refractivity contribution in [1.29, 1.82) is 0 Å². The van der Waals surface area contributed by atoms with Crippen molar-refractivity contribution < 1.29 is 4.52 Å². The molecule has 0 aliphatic rings. The second-order valence-electron chi connectivity index (χ2n) is 4.43. The second-order valence-corrected chi connectivity index (χ2v) is 4.43. The van der Waals surface area contributed by atoms with Crippen LogP contribution in [0.15, 0.2) is 35.0 Å². The van der Waals surface area contributed by atoms with E-state index in [1.165, 1.54) is 0 Å². The van der Waals surface area contributed by atoms with E-state index in [1.54, 1.807) is 6.20 Å². The maximum atomic E-state index is 5.15. The summed E-state index contributed by atoms with van der Waals surface area (Å²) in [6.07, 6.45) is 1.74. The molecule has 0 bridgehead atoms. The number of rotatable bonds is 3. The molecule has 5 heteroatoms. The van der Waals surface area contributed by atoms with Gasteiger partial charge in [0.05, 0.1) is 23.1 Å². The van der Waals surface area contributed by atoms with Gasteiger partial charge in [0.1, 0.15) is 5.76 Å². The van der Waals surface area contributed by atoms with Crippen LogP contribution >= 0.6 is 0 Å². The Hall–Kier alpha value is -2.43. The molecule has 0 saturated carbocycles.